The van der Waals surface area contributed by atoms with Gasteiger partial charge in [-0.1, -0.05) is 30.7 Å². The van der Waals surface area contributed by atoms with Crippen LogP contribution in [0, 0.1) is 5.41 Å². The Morgan fingerprint density at radius 2 is 1.77 bits per heavy atom. The number of hydrogen-bond donors (Lipinski definition) is 1. The molecule has 0 unspecified atom stereocenters. The summed E-state index contributed by atoms with van der Waals surface area (Å²) in [6.45, 7) is 3.89. The van der Waals surface area contributed by atoms with Crippen LogP contribution in [0.25, 0.3) is 0 Å². The van der Waals surface area contributed by atoms with E-state index in [1.165, 1.54) is 0 Å². The molecule has 0 spiro atoms. The van der Waals surface area contributed by atoms with E-state index in [2.05, 4.69) is 6.92 Å². The quantitative estimate of drug-likeness (QED) is 0.923. The van der Waals surface area contributed by atoms with E-state index < -0.39 is 0 Å². The van der Waals surface area contributed by atoms with Crippen LogP contribution < -0.4 is 0 Å². The molecule has 1 saturated carbocycles. The zero-order chi connectivity index (χ0) is 15.8. The molecular formula is C18H24ClNO2. The maximum absolute atomic E-state index is 13.0. The van der Waals surface area contributed by atoms with Gasteiger partial charge in [-0.25, -0.2) is 0 Å². The predicted molar refractivity (Wildman–Crippen MR) is 88.0 cm³/mol. The highest BCUT2D eigenvalue weighted by Gasteiger charge is 2.53. The minimum Gasteiger partial charge on any atom is -0.396 e. The summed E-state index contributed by atoms with van der Waals surface area (Å²) < 4.78 is 0. The first kappa shape index (κ1) is 15.8. The normalized spacial score (nSPS) is 22.4. The van der Waals surface area contributed by atoms with Crippen molar-refractivity contribution in [1.29, 1.82) is 0 Å². The number of carbonyl (C=O) groups is 1. The lowest BCUT2D eigenvalue weighted by atomic mass is 9.76. The molecule has 0 atom stereocenters. The van der Waals surface area contributed by atoms with Gasteiger partial charge in [0.25, 0.3) is 0 Å². The third kappa shape index (κ3) is 2.65. The Bertz CT molecular complexity index is 537. The first-order valence-corrected chi connectivity index (χ1v) is 8.59. The summed E-state index contributed by atoms with van der Waals surface area (Å²) in [6.07, 6.45) is 4.66. The number of piperidine rings is 1. The molecule has 1 amide bonds. The van der Waals surface area contributed by atoms with Crippen LogP contribution >= 0.6 is 11.6 Å². The molecule has 4 heteroatoms. The van der Waals surface area contributed by atoms with E-state index in [0.717, 1.165) is 50.8 Å². The second-order valence-electron chi connectivity index (χ2n) is 6.89. The SMILES string of the molecule is CCC1(CO)CCN(C(=O)C2(c3ccc(Cl)cc3)CC2)CC1. The van der Waals surface area contributed by atoms with E-state index in [1.807, 2.05) is 29.2 Å². The molecule has 1 aliphatic heterocycles. The molecule has 1 N–H and O–H groups in total. The average Bonchev–Trinajstić information content (AvgIpc) is 3.37. The molecule has 3 nitrogen and oxygen atoms in total. The summed E-state index contributed by atoms with van der Waals surface area (Å²) in [4.78, 5) is 15.0. The molecule has 22 heavy (non-hydrogen) atoms. The molecule has 1 aromatic rings. The van der Waals surface area contributed by atoms with Gasteiger partial charge >= 0.3 is 0 Å². The number of aliphatic hydroxyl groups is 1. The van der Waals surface area contributed by atoms with E-state index >= 15 is 0 Å². The number of benzene rings is 1. The molecule has 120 valence electrons. The minimum atomic E-state index is -0.310. The predicted octanol–water partition coefficient (Wildman–Crippen LogP) is 3.38. The summed E-state index contributed by atoms with van der Waals surface area (Å²) >= 11 is 5.95. The van der Waals surface area contributed by atoms with Gasteiger partial charge in [0, 0.05) is 24.7 Å². The van der Waals surface area contributed by atoms with Crippen molar-refractivity contribution in [1.82, 2.24) is 4.90 Å². The van der Waals surface area contributed by atoms with Crippen molar-refractivity contribution in [3.8, 4) is 0 Å². The number of hydrogen-bond acceptors (Lipinski definition) is 2. The zero-order valence-electron chi connectivity index (χ0n) is 13.1. The fourth-order valence-electron chi connectivity index (χ4n) is 3.63. The van der Waals surface area contributed by atoms with Crippen LogP contribution in [0.3, 0.4) is 0 Å². The largest absolute Gasteiger partial charge is 0.396 e. The van der Waals surface area contributed by atoms with E-state index in [1.54, 1.807) is 0 Å². The number of likely N-dealkylation sites (tertiary alicyclic amines) is 1. The van der Waals surface area contributed by atoms with Gasteiger partial charge in [-0.05, 0) is 55.2 Å². The van der Waals surface area contributed by atoms with Crippen molar-refractivity contribution < 1.29 is 9.90 Å². The van der Waals surface area contributed by atoms with Gasteiger partial charge in [0.1, 0.15) is 0 Å². The summed E-state index contributed by atoms with van der Waals surface area (Å²) in [7, 11) is 0. The number of halogens is 1. The molecule has 2 aliphatic rings. The molecule has 3 rings (SSSR count). The summed E-state index contributed by atoms with van der Waals surface area (Å²) in [5, 5.41) is 10.3. The zero-order valence-corrected chi connectivity index (χ0v) is 13.9. The van der Waals surface area contributed by atoms with Crippen molar-refractivity contribution in [2.45, 2.75) is 44.4 Å². The van der Waals surface area contributed by atoms with Gasteiger partial charge in [0.2, 0.25) is 5.91 Å². The Morgan fingerprint density at radius 1 is 1.18 bits per heavy atom. The van der Waals surface area contributed by atoms with Gasteiger partial charge < -0.3 is 10.0 Å². The van der Waals surface area contributed by atoms with E-state index in [9.17, 15) is 9.90 Å². The lowest BCUT2D eigenvalue weighted by molar-refractivity contribution is -0.137. The van der Waals surface area contributed by atoms with Crippen molar-refractivity contribution >= 4 is 17.5 Å². The average molecular weight is 322 g/mol. The number of aliphatic hydroxyl groups excluding tert-OH is 1. The van der Waals surface area contributed by atoms with Gasteiger partial charge in [0.05, 0.1) is 5.41 Å². The maximum atomic E-state index is 13.0. The number of rotatable bonds is 4. The molecule has 2 fully saturated rings. The van der Waals surface area contributed by atoms with Crippen LogP contribution in [-0.2, 0) is 10.2 Å². The lowest BCUT2D eigenvalue weighted by Crippen LogP contribution is -2.47. The summed E-state index contributed by atoms with van der Waals surface area (Å²) in [5.41, 5.74) is 0.806. The van der Waals surface area contributed by atoms with Gasteiger partial charge in [0.15, 0.2) is 0 Å². The van der Waals surface area contributed by atoms with Crippen LogP contribution in [0.2, 0.25) is 5.02 Å². The Hall–Kier alpha value is -1.06. The van der Waals surface area contributed by atoms with Crippen LogP contribution in [0.5, 0.6) is 0 Å². The smallest absolute Gasteiger partial charge is 0.233 e. The molecule has 0 radical (unpaired) electrons. The third-order valence-corrected chi connectivity index (χ3v) is 6.00. The van der Waals surface area contributed by atoms with E-state index in [4.69, 9.17) is 11.6 Å². The molecular weight excluding hydrogens is 298 g/mol. The van der Waals surface area contributed by atoms with Crippen molar-refractivity contribution in [3.05, 3.63) is 34.9 Å². The third-order valence-electron chi connectivity index (χ3n) is 5.75. The minimum absolute atomic E-state index is 0.0216. The van der Waals surface area contributed by atoms with Gasteiger partial charge in [-0.15, -0.1) is 0 Å². The second-order valence-corrected chi connectivity index (χ2v) is 7.33. The van der Waals surface area contributed by atoms with E-state index in [0.29, 0.717) is 5.02 Å². The first-order chi connectivity index (χ1) is 10.6. The molecule has 0 aromatic heterocycles. The second kappa shape index (κ2) is 5.86. The maximum Gasteiger partial charge on any atom is 0.233 e. The fourth-order valence-corrected chi connectivity index (χ4v) is 3.76. The number of amides is 1. The Labute approximate surface area is 137 Å². The molecule has 1 heterocycles. The number of nitrogens with zero attached hydrogens (tertiary/aromatic N) is 1. The Balaban J connectivity index is 1.71. The van der Waals surface area contributed by atoms with Crippen LogP contribution in [0.4, 0.5) is 0 Å². The van der Waals surface area contributed by atoms with Gasteiger partial charge in [-0.2, -0.15) is 0 Å². The van der Waals surface area contributed by atoms with Crippen molar-refractivity contribution in [3.63, 3.8) is 0 Å². The van der Waals surface area contributed by atoms with Crippen LogP contribution in [0.1, 0.15) is 44.6 Å². The van der Waals surface area contributed by atoms with Crippen molar-refractivity contribution in [2.24, 2.45) is 5.41 Å². The Kier molecular flexibility index (Phi) is 4.21. The standard InChI is InChI=1S/C18H24ClNO2/c1-2-17(13-21)9-11-20(12-10-17)16(22)18(7-8-18)14-3-5-15(19)6-4-14/h3-6,21H,2,7-13H2,1H3. The molecule has 1 saturated heterocycles. The lowest BCUT2D eigenvalue weighted by Gasteiger charge is -2.41. The Morgan fingerprint density at radius 3 is 2.23 bits per heavy atom. The summed E-state index contributed by atoms with van der Waals surface area (Å²) in [5.74, 6) is 0.262. The highest BCUT2D eigenvalue weighted by molar-refractivity contribution is 6.30. The van der Waals surface area contributed by atoms with Crippen LogP contribution in [-0.4, -0.2) is 35.6 Å². The van der Waals surface area contributed by atoms with E-state index in [-0.39, 0.29) is 23.3 Å². The monoisotopic (exact) mass is 321 g/mol. The van der Waals surface area contributed by atoms with Crippen LogP contribution in [0.15, 0.2) is 24.3 Å². The first-order valence-electron chi connectivity index (χ1n) is 8.22. The highest BCUT2D eigenvalue weighted by atomic mass is 35.5. The topological polar surface area (TPSA) is 40.5 Å². The fraction of sp³-hybridized carbons (Fsp3) is 0.611. The number of carbonyl (C=O) groups excluding carboxylic acids is 1. The van der Waals surface area contributed by atoms with Gasteiger partial charge in [-0.3, -0.25) is 4.79 Å². The highest BCUT2D eigenvalue weighted by Crippen LogP contribution is 2.50. The van der Waals surface area contributed by atoms with Crippen molar-refractivity contribution in [2.75, 3.05) is 19.7 Å². The molecule has 1 aliphatic carbocycles. The summed E-state index contributed by atoms with van der Waals surface area (Å²) in [6, 6.07) is 7.71. The molecule has 1 aromatic carbocycles. The molecule has 0 bridgehead atoms.